The van der Waals surface area contributed by atoms with Gasteiger partial charge < -0.3 is 0 Å². The maximum atomic E-state index is 13.0. The second-order valence-corrected chi connectivity index (χ2v) is 5.05. The van der Waals surface area contributed by atoms with Crippen LogP contribution in [0.5, 0.6) is 0 Å². The van der Waals surface area contributed by atoms with Gasteiger partial charge in [0.2, 0.25) is 0 Å². The van der Waals surface area contributed by atoms with Gasteiger partial charge in [0.25, 0.3) is 0 Å². The minimum atomic E-state index is -0.369. The Morgan fingerprint density at radius 1 is 1.22 bits per heavy atom. The lowest BCUT2D eigenvalue weighted by molar-refractivity contribution is 0.626. The number of nitrogens with zero attached hydrogens (tertiary/aromatic N) is 1. The van der Waals surface area contributed by atoms with Crippen LogP contribution in [0.15, 0.2) is 47.4 Å². The fourth-order valence-electron chi connectivity index (χ4n) is 1.68. The normalized spacial score (nSPS) is 10.1. The molecule has 2 rings (SSSR count). The van der Waals surface area contributed by atoms with E-state index >= 15 is 0 Å². The van der Waals surface area contributed by atoms with Crippen molar-refractivity contribution in [3.05, 3.63) is 65.0 Å². The molecule has 0 aromatic heterocycles. The van der Waals surface area contributed by atoms with Crippen LogP contribution in [0.4, 0.5) is 4.39 Å². The van der Waals surface area contributed by atoms with Gasteiger partial charge in [-0.05, 0) is 30.7 Å². The Morgan fingerprint density at radius 3 is 2.78 bits per heavy atom. The van der Waals surface area contributed by atoms with Crippen molar-refractivity contribution in [2.75, 3.05) is 0 Å². The molecule has 18 heavy (non-hydrogen) atoms. The van der Waals surface area contributed by atoms with Crippen LogP contribution in [-0.2, 0) is 5.75 Å². The van der Waals surface area contributed by atoms with E-state index in [2.05, 4.69) is 12.1 Å². The lowest BCUT2D eigenvalue weighted by Crippen LogP contribution is -1.86. The largest absolute Gasteiger partial charge is 0.207 e. The average Bonchev–Trinajstić information content (AvgIpc) is 2.37. The van der Waals surface area contributed by atoms with Gasteiger partial charge >= 0.3 is 0 Å². The molecule has 0 saturated carbocycles. The molecule has 0 radical (unpaired) electrons. The molecule has 0 aliphatic rings. The highest BCUT2D eigenvalue weighted by Gasteiger charge is 2.04. The Hall–Kier alpha value is -1.79. The monoisotopic (exact) mass is 257 g/mol. The molecule has 2 aromatic carbocycles. The van der Waals surface area contributed by atoms with Gasteiger partial charge in [0, 0.05) is 10.6 Å². The standard InChI is InChI=1S/C15H12FNS/c1-11-3-2-4-12(7-11)10-18-15-6-5-14(16)8-13(15)9-17/h2-8H,10H2,1H3. The molecule has 0 fully saturated rings. The van der Waals surface area contributed by atoms with Gasteiger partial charge in [-0.1, -0.05) is 29.8 Å². The molecule has 0 atom stereocenters. The van der Waals surface area contributed by atoms with E-state index in [4.69, 9.17) is 5.26 Å². The predicted molar refractivity (Wildman–Crippen MR) is 71.9 cm³/mol. The molecule has 2 aromatic rings. The Kier molecular flexibility index (Phi) is 4.01. The Morgan fingerprint density at radius 2 is 2.06 bits per heavy atom. The molecule has 0 aliphatic carbocycles. The first-order valence-electron chi connectivity index (χ1n) is 5.57. The van der Waals surface area contributed by atoms with Crippen LogP contribution >= 0.6 is 11.8 Å². The maximum Gasteiger partial charge on any atom is 0.124 e. The lowest BCUT2D eigenvalue weighted by Gasteiger charge is -2.05. The first-order chi connectivity index (χ1) is 8.69. The summed E-state index contributed by atoms with van der Waals surface area (Å²) in [6.07, 6.45) is 0. The topological polar surface area (TPSA) is 23.8 Å². The number of hydrogen-bond acceptors (Lipinski definition) is 2. The zero-order valence-electron chi connectivity index (χ0n) is 9.98. The summed E-state index contributed by atoms with van der Waals surface area (Å²) < 4.78 is 13.0. The third kappa shape index (κ3) is 3.12. The van der Waals surface area contributed by atoms with Gasteiger partial charge in [0.15, 0.2) is 0 Å². The van der Waals surface area contributed by atoms with E-state index in [1.165, 1.54) is 23.3 Å². The second-order valence-electron chi connectivity index (χ2n) is 4.03. The summed E-state index contributed by atoms with van der Waals surface area (Å²) in [5.41, 5.74) is 2.81. The summed E-state index contributed by atoms with van der Waals surface area (Å²) in [5.74, 6) is 0.411. The van der Waals surface area contributed by atoms with Crippen molar-refractivity contribution in [3.8, 4) is 6.07 Å². The quantitative estimate of drug-likeness (QED) is 0.765. The van der Waals surface area contributed by atoms with Crippen molar-refractivity contribution in [1.29, 1.82) is 5.26 Å². The van der Waals surface area contributed by atoms with Crippen LogP contribution in [0.3, 0.4) is 0 Å². The van der Waals surface area contributed by atoms with E-state index in [-0.39, 0.29) is 5.82 Å². The van der Waals surface area contributed by atoms with Gasteiger partial charge in [-0.15, -0.1) is 11.8 Å². The first-order valence-corrected chi connectivity index (χ1v) is 6.55. The molecule has 0 N–H and O–H groups in total. The predicted octanol–water partition coefficient (Wildman–Crippen LogP) is 4.30. The molecule has 0 unspecified atom stereocenters. The van der Waals surface area contributed by atoms with Crippen LogP contribution in [0.1, 0.15) is 16.7 Å². The summed E-state index contributed by atoms with van der Waals surface area (Å²) in [4.78, 5) is 0.820. The van der Waals surface area contributed by atoms with Crippen molar-refractivity contribution < 1.29 is 4.39 Å². The fraction of sp³-hybridized carbons (Fsp3) is 0.133. The number of aryl methyl sites for hydroxylation is 1. The summed E-state index contributed by atoms with van der Waals surface area (Å²) in [6.45, 7) is 2.05. The van der Waals surface area contributed by atoms with Gasteiger partial charge in [-0.2, -0.15) is 5.26 Å². The molecule has 3 heteroatoms. The van der Waals surface area contributed by atoms with E-state index < -0.39 is 0 Å². The molecule has 0 spiro atoms. The van der Waals surface area contributed by atoms with Crippen LogP contribution in [-0.4, -0.2) is 0 Å². The van der Waals surface area contributed by atoms with E-state index in [0.717, 1.165) is 10.6 Å². The Labute approximate surface area is 110 Å². The van der Waals surface area contributed by atoms with Crippen molar-refractivity contribution in [2.24, 2.45) is 0 Å². The molecule has 0 amide bonds. The highest BCUT2D eigenvalue weighted by molar-refractivity contribution is 7.98. The van der Waals surface area contributed by atoms with Crippen LogP contribution < -0.4 is 0 Å². The van der Waals surface area contributed by atoms with E-state index in [0.29, 0.717) is 5.56 Å². The van der Waals surface area contributed by atoms with Crippen molar-refractivity contribution in [2.45, 2.75) is 17.6 Å². The van der Waals surface area contributed by atoms with Gasteiger partial charge in [-0.25, -0.2) is 4.39 Å². The number of nitriles is 1. The molecular formula is C15H12FNS. The molecule has 0 bridgehead atoms. The zero-order chi connectivity index (χ0) is 13.0. The molecule has 0 saturated heterocycles. The SMILES string of the molecule is Cc1cccc(CSc2ccc(F)cc2C#N)c1. The molecule has 0 aliphatic heterocycles. The van der Waals surface area contributed by atoms with Crippen LogP contribution in [0, 0.1) is 24.1 Å². The maximum absolute atomic E-state index is 13.0. The van der Waals surface area contributed by atoms with E-state index in [9.17, 15) is 4.39 Å². The van der Waals surface area contributed by atoms with Crippen molar-refractivity contribution in [1.82, 2.24) is 0 Å². The summed E-state index contributed by atoms with van der Waals surface area (Å²) in [7, 11) is 0. The van der Waals surface area contributed by atoms with Crippen molar-refractivity contribution in [3.63, 3.8) is 0 Å². The number of halogens is 1. The highest BCUT2D eigenvalue weighted by atomic mass is 32.2. The second kappa shape index (κ2) is 5.70. The van der Waals surface area contributed by atoms with E-state index in [1.807, 2.05) is 25.1 Å². The molecule has 90 valence electrons. The molecular weight excluding hydrogens is 245 g/mol. The zero-order valence-corrected chi connectivity index (χ0v) is 10.8. The Bertz CT molecular complexity index is 602. The van der Waals surface area contributed by atoms with Crippen molar-refractivity contribution >= 4 is 11.8 Å². The number of benzene rings is 2. The first kappa shape index (κ1) is 12.7. The minimum absolute atomic E-state index is 0.369. The molecule has 0 heterocycles. The summed E-state index contributed by atoms with van der Waals surface area (Å²) >= 11 is 1.55. The third-order valence-corrected chi connectivity index (χ3v) is 3.68. The molecule has 1 nitrogen and oxygen atoms in total. The van der Waals surface area contributed by atoms with Gasteiger partial charge in [0.05, 0.1) is 5.56 Å². The lowest BCUT2D eigenvalue weighted by atomic mass is 10.2. The van der Waals surface area contributed by atoms with Crippen LogP contribution in [0.2, 0.25) is 0 Å². The fourth-order valence-corrected chi connectivity index (χ4v) is 2.60. The third-order valence-electron chi connectivity index (χ3n) is 2.54. The highest BCUT2D eigenvalue weighted by Crippen LogP contribution is 2.26. The van der Waals surface area contributed by atoms with Gasteiger partial charge in [0.1, 0.15) is 11.9 Å². The summed E-state index contributed by atoms with van der Waals surface area (Å²) in [5, 5.41) is 8.95. The van der Waals surface area contributed by atoms with Crippen LogP contribution in [0.25, 0.3) is 0 Å². The number of hydrogen-bond donors (Lipinski definition) is 0. The van der Waals surface area contributed by atoms with Gasteiger partial charge in [-0.3, -0.25) is 0 Å². The minimum Gasteiger partial charge on any atom is -0.207 e. The number of thioether (sulfide) groups is 1. The Balaban J connectivity index is 2.14. The number of rotatable bonds is 3. The average molecular weight is 257 g/mol. The van der Waals surface area contributed by atoms with E-state index in [1.54, 1.807) is 17.8 Å². The summed E-state index contributed by atoms with van der Waals surface area (Å²) in [6, 6.07) is 14.6. The smallest absolute Gasteiger partial charge is 0.124 e.